The van der Waals surface area contributed by atoms with Crippen LogP contribution in [0.4, 0.5) is 13.2 Å². The lowest BCUT2D eigenvalue weighted by Gasteiger charge is -2.33. The van der Waals surface area contributed by atoms with Gasteiger partial charge in [-0.2, -0.15) is 13.2 Å². The van der Waals surface area contributed by atoms with Gasteiger partial charge in [0.25, 0.3) is 0 Å². The number of carbonyl (C=O) groups is 2. The average molecular weight is 532 g/mol. The summed E-state index contributed by atoms with van der Waals surface area (Å²) in [7, 11) is 0. The zero-order chi connectivity index (χ0) is 27.0. The Hall–Kier alpha value is -2.91. The first-order valence-corrected chi connectivity index (χ1v) is 13.4. The van der Waals surface area contributed by atoms with Crippen molar-refractivity contribution in [2.45, 2.75) is 57.3 Å². The van der Waals surface area contributed by atoms with Crippen LogP contribution in [0.1, 0.15) is 43.2 Å². The predicted octanol–water partition coefficient (Wildman–Crippen LogP) is 4.84. The van der Waals surface area contributed by atoms with Gasteiger partial charge in [-0.05, 0) is 75.2 Å². The van der Waals surface area contributed by atoms with Crippen molar-refractivity contribution >= 4 is 11.9 Å². The van der Waals surface area contributed by atoms with Crippen molar-refractivity contribution in [1.82, 2.24) is 14.9 Å². The molecular weight excluding hydrogens is 495 g/mol. The lowest BCUT2D eigenvalue weighted by atomic mass is 9.90. The van der Waals surface area contributed by atoms with Crippen molar-refractivity contribution in [3.63, 3.8) is 0 Å². The summed E-state index contributed by atoms with van der Waals surface area (Å²) in [6.07, 6.45) is -0.120. The number of hydrogen-bond donors (Lipinski definition) is 0. The molecule has 2 heterocycles. The van der Waals surface area contributed by atoms with Gasteiger partial charge in [0, 0.05) is 19.6 Å². The smallest absolute Gasteiger partial charge is 0.360 e. The van der Waals surface area contributed by atoms with Crippen LogP contribution in [0.3, 0.4) is 0 Å². The van der Waals surface area contributed by atoms with Crippen LogP contribution in [-0.4, -0.2) is 71.7 Å². The molecule has 2 aliphatic rings. The number of nitrogens with zero attached hydrogens (tertiary/aromatic N) is 3. The Morgan fingerprint density at radius 1 is 0.895 bits per heavy atom. The van der Waals surface area contributed by atoms with E-state index in [1.807, 2.05) is 36.4 Å². The van der Waals surface area contributed by atoms with Crippen molar-refractivity contribution in [3.05, 3.63) is 71.8 Å². The lowest BCUT2D eigenvalue weighted by Crippen LogP contribution is -2.48. The van der Waals surface area contributed by atoms with E-state index in [-0.39, 0.29) is 12.5 Å². The van der Waals surface area contributed by atoms with E-state index in [1.54, 1.807) is 4.90 Å². The molecule has 2 aromatic rings. The number of carbonyl (C=O) groups excluding carboxylic acids is 2. The summed E-state index contributed by atoms with van der Waals surface area (Å²) in [4.78, 5) is 33.6. The Bertz CT molecular complexity index is 1030. The predicted molar refractivity (Wildman–Crippen MR) is 138 cm³/mol. The molecule has 0 unspecified atom stereocenters. The first-order valence-electron chi connectivity index (χ1n) is 13.4. The van der Waals surface area contributed by atoms with Crippen LogP contribution in [0.15, 0.2) is 60.7 Å². The number of hydroxylamine groups is 2. The Morgan fingerprint density at radius 2 is 1.53 bits per heavy atom. The average Bonchev–Trinajstić information content (AvgIpc) is 3.37. The van der Waals surface area contributed by atoms with Gasteiger partial charge in [0.05, 0.1) is 0 Å². The maximum Gasteiger partial charge on any atom is 0.492 e. The van der Waals surface area contributed by atoms with Gasteiger partial charge in [0.15, 0.2) is 0 Å². The summed E-state index contributed by atoms with van der Waals surface area (Å²) in [6, 6.07) is 19.2. The molecule has 1 atom stereocenters. The standard InChI is InChI=1S/C29H36F3N3O3/c30-29(31,32)28(37)38-35-18-7-13-26(35)27(36)34(22-25-11-5-2-6-12-25)17-8-16-33-19-14-24(15-20-33)21-23-9-3-1-4-10-23/h1-6,9-12,24,26H,7-8,13-22H2/t26-/m0/s1. The van der Waals surface area contributed by atoms with Gasteiger partial charge in [-0.3, -0.25) is 4.79 Å². The van der Waals surface area contributed by atoms with Crippen molar-refractivity contribution in [3.8, 4) is 0 Å². The fourth-order valence-electron chi connectivity index (χ4n) is 5.38. The maximum atomic E-state index is 13.5. The van der Waals surface area contributed by atoms with Crippen LogP contribution >= 0.6 is 0 Å². The third-order valence-electron chi connectivity index (χ3n) is 7.43. The van der Waals surface area contributed by atoms with Crippen molar-refractivity contribution in [1.29, 1.82) is 0 Å². The van der Waals surface area contributed by atoms with E-state index in [0.29, 0.717) is 31.8 Å². The molecule has 206 valence electrons. The molecule has 0 aromatic heterocycles. The zero-order valence-corrected chi connectivity index (χ0v) is 21.6. The van der Waals surface area contributed by atoms with Crippen molar-refractivity contribution in [2.24, 2.45) is 5.92 Å². The minimum absolute atomic E-state index is 0.106. The van der Waals surface area contributed by atoms with Gasteiger partial charge >= 0.3 is 12.1 Å². The molecule has 9 heteroatoms. The third-order valence-corrected chi connectivity index (χ3v) is 7.43. The molecular formula is C29H36F3N3O3. The van der Waals surface area contributed by atoms with Gasteiger partial charge in [-0.25, -0.2) is 4.79 Å². The topological polar surface area (TPSA) is 53.1 Å². The van der Waals surface area contributed by atoms with Crippen LogP contribution in [-0.2, 0) is 27.4 Å². The highest BCUT2D eigenvalue weighted by molar-refractivity contribution is 5.82. The quantitative estimate of drug-likeness (QED) is 0.439. The van der Waals surface area contributed by atoms with Crippen molar-refractivity contribution < 1.29 is 27.6 Å². The molecule has 0 spiro atoms. The minimum Gasteiger partial charge on any atom is -0.360 e. The van der Waals surface area contributed by atoms with Gasteiger partial charge in [0.1, 0.15) is 6.04 Å². The molecule has 2 aromatic carbocycles. The van der Waals surface area contributed by atoms with E-state index >= 15 is 0 Å². The largest absolute Gasteiger partial charge is 0.492 e. The Balaban J connectivity index is 1.31. The molecule has 0 N–H and O–H groups in total. The molecule has 4 rings (SSSR count). The van der Waals surface area contributed by atoms with Crippen LogP contribution in [0.25, 0.3) is 0 Å². The summed E-state index contributed by atoms with van der Waals surface area (Å²) < 4.78 is 38.3. The minimum atomic E-state index is -5.10. The number of rotatable bonds is 10. The van der Waals surface area contributed by atoms with E-state index in [0.717, 1.165) is 55.9 Å². The fourth-order valence-corrected chi connectivity index (χ4v) is 5.38. The third kappa shape index (κ3) is 8.04. The van der Waals surface area contributed by atoms with Crippen molar-refractivity contribution in [2.75, 3.05) is 32.7 Å². The first-order chi connectivity index (χ1) is 18.3. The molecule has 2 saturated heterocycles. The van der Waals surface area contributed by atoms with Crippen LogP contribution in [0, 0.1) is 5.92 Å². The summed E-state index contributed by atoms with van der Waals surface area (Å²) in [5, 5.41) is 0.910. The molecule has 2 fully saturated rings. The van der Waals surface area contributed by atoms with E-state index in [1.165, 1.54) is 5.56 Å². The highest BCUT2D eigenvalue weighted by Crippen LogP contribution is 2.25. The van der Waals surface area contributed by atoms with Crippen LogP contribution in [0.2, 0.25) is 0 Å². The van der Waals surface area contributed by atoms with E-state index in [2.05, 4.69) is 34.0 Å². The molecule has 0 aliphatic carbocycles. The highest BCUT2D eigenvalue weighted by atomic mass is 19.4. The molecule has 2 aliphatic heterocycles. The van der Waals surface area contributed by atoms with Gasteiger partial charge in [-0.15, -0.1) is 5.06 Å². The maximum absolute atomic E-state index is 13.5. The summed E-state index contributed by atoms with van der Waals surface area (Å²) in [5.41, 5.74) is 2.32. The summed E-state index contributed by atoms with van der Waals surface area (Å²) >= 11 is 0. The van der Waals surface area contributed by atoms with E-state index in [9.17, 15) is 22.8 Å². The number of amides is 1. The molecule has 6 nitrogen and oxygen atoms in total. The lowest BCUT2D eigenvalue weighted by molar-refractivity contribution is -0.241. The SMILES string of the molecule is O=C([C@@H]1CCCN1OC(=O)C(F)(F)F)N(CCCN1CCC(Cc2ccccc2)CC1)Cc1ccccc1. The number of hydrogen-bond acceptors (Lipinski definition) is 5. The first kappa shape index (κ1) is 28.1. The number of piperidine rings is 1. The van der Waals surface area contributed by atoms with E-state index in [4.69, 9.17) is 0 Å². The molecule has 0 bridgehead atoms. The molecule has 0 saturated carbocycles. The number of alkyl halides is 3. The Kier molecular flexibility index (Phi) is 9.80. The number of likely N-dealkylation sites (tertiary alicyclic amines) is 1. The van der Waals surface area contributed by atoms with Crippen LogP contribution < -0.4 is 0 Å². The highest BCUT2D eigenvalue weighted by Gasteiger charge is 2.45. The molecule has 38 heavy (non-hydrogen) atoms. The Morgan fingerprint density at radius 3 is 2.16 bits per heavy atom. The number of benzene rings is 2. The second kappa shape index (κ2) is 13.2. The number of halogens is 3. The normalized spacial score (nSPS) is 19.4. The van der Waals surface area contributed by atoms with Gasteiger partial charge in [-0.1, -0.05) is 60.7 Å². The van der Waals surface area contributed by atoms with Crippen LogP contribution in [0.5, 0.6) is 0 Å². The Labute approximate surface area is 222 Å². The zero-order valence-electron chi connectivity index (χ0n) is 21.6. The monoisotopic (exact) mass is 531 g/mol. The second-order valence-corrected chi connectivity index (χ2v) is 10.2. The van der Waals surface area contributed by atoms with Gasteiger partial charge < -0.3 is 14.6 Å². The van der Waals surface area contributed by atoms with Gasteiger partial charge in [0.2, 0.25) is 5.91 Å². The molecule has 0 radical (unpaired) electrons. The second-order valence-electron chi connectivity index (χ2n) is 10.2. The summed E-state index contributed by atoms with van der Waals surface area (Å²) in [5.74, 6) is -1.91. The fraction of sp³-hybridized carbons (Fsp3) is 0.517. The molecule has 1 amide bonds. The van der Waals surface area contributed by atoms with E-state index < -0.39 is 18.2 Å². The summed E-state index contributed by atoms with van der Waals surface area (Å²) in [6.45, 7) is 3.84.